The van der Waals surface area contributed by atoms with Crippen LogP contribution in [-0.2, 0) is 11.3 Å². The van der Waals surface area contributed by atoms with E-state index in [0.29, 0.717) is 11.8 Å². The molecule has 1 amide bonds. The zero-order chi connectivity index (χ0) is 16.9. The Labute approximate surface area is 146 Å². The van der Waals surface area contributed by atoms with Crippen molar-refractivity contribution in [3.8, 4) is 5.75 Å². The summed E-state index contributed by atoms with van der Waals surface area (Å²) in [5.41, 5.74) is 2.25. The predicted octanol–water partition coefficient (Wildman–Crippen LogP) is 2.96. The molecule has 5 nitrogen and oxygen atoms in total. The molecule has 1 aliphatic carbocycles. The Morgan fingerprint density at radius 3 is 2.75 bits per heavy atom. The zero-order valence-corrected chi connectivity index (χ0v) is 14.9. The van der Waals surface area contributed by atoms with Gasteiger partial charge in [0.05, 0.1) is 10.7 Å². The van der Waals surface area contributed by atoms with E-state index >= 15 is 0 Å². The van der Waals surface area contributed by atoms with Crippen molar-refractivity contribution in [2.75, 3.05) is 6.61 Å². The molecule has 0 spiro atoms. The van der Waals surface area contributed by atoms with Crippen molar-refractivity contribution >= 4 is 17.2 Å². The van der Waals surface area contributed by atoms with Crippen molar-refractivity contribution in [1.82, 2.24) is 15.6 Å². The fourth-order valence-electron chi connectivity index (χ4n) is 2.36. The SMILES string of the molecule is Cc1nc(CN[C@@H](C)c2ccc(OCC(=O)NC3CC3)cc2)cs1. The van der Waals surface area contributed by atoms with Gasteiger partial charge in [-0.05, 0) is 44.4 Å². The van der Waals surface area contributed by atoms with Crippen LogP contribution in [0.5, 0.6) is 5.75 Å². The predicted molar refractivity (Wildman–Crippen MR) is 95.2 cm³/mol. The molecule has 1 aromatic carbocycles. The minimum absolute atomic E-state index is 0.0461. The van der Waals surface area contributed by atoms with Crippen LogP contribution in [0.3, 0.4) is 0 Å². The Morgan fingerprint density at radius 2 is 2.12 bits per heavy atom. The van der Waals surface area contributed by atoms with Gasteiger partial charge in [-0.1, -0.05) is 12.1 Å². The number of nitrogens with zero attached hydrogens (tertiary/aromatic N) is 1. The number of ether oxygens (including phenoxy) is 1. The Morgan fingerprint density at radius 1 is 1.38 bits per heavy atom. The molecule has 0 unspecified atom stereocenters. The van der Waals surface area contributed by atoms with Gasteiger partial charge in [-0.25, -0.2) is 4.98 Å². The summed E-state index contributed by atoms with van der Waals surface area (Å²) in [5.74, 6) is 0.669. The van der Waals surface area contributed by atoms with Crippen LogP contribution >= 0.6 is 11.3 Å². The fraction of sp³-hybridized carbons (Fsp3) is 0.444. The second kappa shape index (κ2) is 7.77. The van der Waals surface area contributed by atoms with E-state index in [9.17, 15) is 4.79 Å². The van der Waals surface area contributed by atoms with Crippen LogP contribution in [0.4, 0.5) is 0 Å². The highest BCUT2D eigenvalue weighted by atomic mass is 32.1. The molecule has 1 fully saturated rings. The van der Waals surface area contributed by atoms with Gasteiger partial charge in [0.2, 0.25) is 0 Å². The summed E-state index contributed by atoms with van der Waals surface area (Å²) >= 11 is 1.67. The van der Waals surface area contributed by atoms with Crippen LogP contribution in [0, 0.1) is 6.92 Å². The number of rotatable bonds is 8. The molecular formula is C18H23N3O2S. The third-order valence-electron chi connectivity index (χ3n) is 3.95. The molecule has 0 aliphatic heterocycles. The smallest absolute Gasteiger partial charge is 0.258 e. The average molecular weight is 345 g/mol. The molecule has 1 aromatic heterocycles. The number of nitrogens with one attached hydrogen (secondary N) is 2. The lowest BCUT2D eigenvalue weighted by Crippen LogP contribution is -2.30. The van der Waals surface area contributed by atoms with Gasteiger partial charge in [-0.15, -0.1) is 11.3 Å². The molecule has 6 heteroatoms. The van der Waals surface area contributed by atoms with Crippen molar-refractivity contribution in [2.45, 2.75) is 45.3 Å². The maximum atomic E-state index is 11.6. The van der Waals surface area contributed by atoms with Gasteiger partial charge >= 0.3 is 0 Å². The molecule has 2 N–H and O–H groups in total. The molecule has 1 heterocycles. The third-order valence-corrected chi connectivity index (χ3v) is 4.77. The first kappa shape index (κ1) is 16.9. The molecule has 1 atom stereocenters. The van der Waals surface area contributed by atoms with E-state index in [0.717, 1.165) is 30.1 Å². The summed E-state index contributed by atoms with van der Waals surface area (Å²) in [6.45, 7) is 4.97. The first-order valence-electron chi connectivity index (χ1n) is 8.26. The number of amides is 1. The summed E-state index contributed by atoms with van der Waals surface area (Å²) in [4.78, 5) is 16.1. The summed E-state index contributed by atoms with van der Waals surface area (Å²) in [6, 6.07) is 8.46. The van der Waals surface area contributed by atoms with Crippen LogP contribution < -0.4 is 15.4 Å². The van der Waals surface area contributed by atoms with E-state index in [1.165, 1.54) is 5.56 Å². The van der Waals surface area contributed by atoms with Gasteiger partial charge in [-0.2, -0.15) is 0 Å². The van der Waals surface area contributed by atoms with Crippen LogP contribution in [0.2, 0.25) is 0 Å². The first-order valence-corrected chi connectivity index (χ1v) is 9.14. The van der Waals surface area contributed by atoms with Crippen LogP contribution in [0.15, 0.2) is 29.6 Å². The van der Waals surface area contributed by atoms with Crippen LogP contribution in [0.1, 0.15) is 42.1 Å². The van der Waals surface area contributed by atoms with Gasteiger partial charge in [0, 0.05) is 24.0 Å². The molecule has 1 saturated carbocycles. The van der Waals surface area contributed by atoms with Crippen LogP contribution in [-0.4, -0.2) is 23.5 Å². The second-order valence-electron chi connectivity index (χ2n) is 6.16. The normalized spacial score (nSPS) is 15.1. The molecule has 128 valence electrons. The van der Waals surface area contributed by atoms with E-state index in [1.807, 2.05) is 31.2 Å². The Kier molecular flexibility index (Phi) is 5.48. The van der Waals surface area contributed by atoms with E-state index < -0.39 is 0 Å². The molecule has 3 rings (SSSR count). The summed E-state index contributed by atoms with van der Waals surface area (Å²) in [6.07, 6.45) is 2.18. The number of carbonyl (C=O) groups excluding carboxylic acids is 1. The second-order valence-corrected chi connectivity index (χ2v) is 7.22. The third kappa shape index (κ3) is 5.04. The summed E-state index contributed by atoms with van der Waals surface area (Å²) in [5, 5.41) is 9.55. The zero-order valence-electron chi connectivity index (χ0n) is 14.0. The number of hydrogen-bond acceptors (Lipinski definition) is 5. The largest absolute Gasteiger partial charge is 0.484 e. The van der Waals surface area contributed by atoms with Crippen molar-refractivity contribution < 1.29 is 9.53 Å². The number of aromatic nitrogens is 1. The average Bonchev–Trinajstić information content (AvgIpc) is 3.30. The molecule has 1 aliphatic rings. The topological polar surface area (TPSA) is 63.3 Å². The van der Waals surface area contributed by atoms with E-state index in [1.54, 1.807) is 11.3 Å². The van der Waals surface area contributed by atoms with Gasteiger partial charge in [0.15, 0.2) is 6.61 Å². The van der Waals surface area contributed by atoms with Crippen molar-refractivity contribution in [1.29, 1.82) is 0 Å². The Balaban J connectivity index is 1.45. The summed E-state index contributed by atoms with van der Waals surface area (Å²) in [7, 11) is 0. The molecule has 2 aromatic rings. The highest BCUT2D eigenvalue weighted by Crippen LogP contribution is 2.20. The fourth-order valence-corrected chi connectivity index (χ4v) is 2.98. The van der Waals surface area contributed by atoms with Gasteiger partial charge < -0.3 is 15.4 Å². The number of thiazole rings is 1. The monoisotopic (exact) mass is 345 g/mol. The number of carbonyl (C=O) groups is 1. The van der Waals surface area contributed by atoms with Gasteiger partial charge in [0.1, 0.15) is 5.75 Å². The molecule has 0 bridgehead atoms. The lowest BCUT2D eigenvalue weighted by molar-refractivity contribution is -0.123. The summed E-state index contributed by atoms with van der Waals surface area (Å²) < 4.78 is 5.52. The van der Waals surface area contributed by atoms with E-state index in [2.05, 4.69) is 27.9 Å². The van der Waals surface area contributed by atoms with E-state index in [4.69, 9.17) is 4.74 Å². The molecule has 0 saturated heterocycles. The standard InChI is InChI=1S/C18H23N3O2S/c1-12(19-9-16-11-24-13(2)20-16)14-3-7-17(8-4-14)23-10-18(22)21-15-5-6-15/h3-4,7-8,11-12,15,19H,5-6,9-10H2,1-2H3,(H,21,22)/t12-/m0/s1. The first-order chi connectivity index (χ1) is 11.6. The van der Waals surface area contributed by atoms with E-state index in [-0.39, 0.29) is 18.6 Å². The van der Waals surface area contributed by atoms with Gasteiger partial charge in [-0.3, -0.25) is 4.79 Å². The number of aryl methyl sites for hydroxylation is 1. The quantitative estimate of drug-likeness (QED) is 0.772. The highest BCUT2D eigenvalue weighted by Gasteiger charge is 2.23. The van der Waals surface area contributed by atoms with Crippen LogP contribution in [0.25, 0.3) is 0 Å². The van der Waals surface area contributed by atoms with Crippen molar-refractivity contribution in [3.63, 3.8) is 0 Å². The molecule has 24 heavy (non-hydrogen) atoms. The Bertz CT molecular complexity index is 680. The number of benzene rings is 1. The number of hydrogen-bond donors (Lipinski definition) is 2. The lowest BCUT2D eigenvalue weighted by Gasteiger charge is -2.14. The Hall–Kier alpha value is -1.92. The minimum atomic E-state index is -0.0461. The van der Waals surface area contributed by atoms with Crippen molar-refractivity contribution in [3.05, 3.63) is 45.9 Å². The highest BCUT2D eigenvalue weighted by molar-refractivity contribution is 7.09. The lowest BCUT2D eigenvalue weighted by atomic mass is 10.1. The van der Waals surface area contributed by atoms with Crippen molar-refractivity contribution in [2.24, 2.45) is 0 Å². The maximum absolute atomic E-state index is 11.6. The van der Waals surface area contributed by atoms with Gasteiger partial charge in [0.25, 0.3) is 5.91 Å². The maximum Gasteiger partial charge on any atom is 0.258 e. The molecular weight excluding hydrogens is 322 g/mol. The molecule has 0 radical (unpaired) electrons. The minimum Gasteiger partial charge on any atom is -0.484 e.